The lowest BCUT2D eigenvalue weighted by Gasteiger charge is -2.11. The number of nitro benzene ring substituents is 1. The molecule has 0 fully saturated rings. The fraction of sp³-hybridized carbons (Fsp3) is 0.200. The molecule has 0 radical (unpaired) electrons. The molecule has 0 aromatic heterocycles. The first-order valence-corrected chi connectivity index (χ1v) is 6.22. The average molecular weight is 274 g/mol. The summed E-state index contributed by atoms with van der Waals surface area (Å²) in [6, 6.07) is 9.70. The third-order valence-corrected chi connectivity index (χ3v) is 3.17. The first kappa shape index (κ1) is 14.0. The smallest absolute Gasteiger partial charge is 0.274 e. The van der Waals surface area contributed by atoms with E-state index in [9.17, 15) is 14.5 Å². The number of rotatable bonds is 4. The van der Waals surface area contributed by atoms with E-state index >= 15 is 0 Å². The Hall–Kier alpha value is -2.43. The zero-order valence-electron chi connectivity index (χ0n) is 11.3. The first-order chi connectivity index (χ1) is 9.49. The van der Waals surface area contributed by atoms with Crippen LogP contribution >= 0.6 is 0 Å². The maximum Gasteiger partial charge on any atom is 0.274 e. The molecule has 0 bridgehead atoms. The Balaban J connectivity index is 2.21. The zero-order chi connectivity index (χ0) is 14.7. The minimum atomic E-state index is -0.423. The molecule has 2 aromatic carbocycles. The maximum absolute atomic E-state index is 13.6. The van der Waals surface area contributed by atoms with E-state index < -0.39 is 4.92 Å². The third-order valence-electron chi connectivity index (χ3n) is 3.17. The van der Waals surface area contributed by atoms with Crippen LogP contribution in [-0.4, -0.2) is 4.92 Å². The Labute approximate surface area is 116 Å². The normalized spacial score (nSPS) is 10.3. The SMILES string of the molecule is Cc1ccc(F)c(CNc2cccc([N+](=O)[O-])c2C)c1. The molecule has 2 aromatic rings. The second kappa shape index (κ2) is 5.69. The molecular weight excluding hydrogens is 259 g/mol. The lowest BCUT2D eigenvalue weighted by atomic mass is 10.1. The molecule has 0 spiro atoms. The average Bonchev–Trinajstić information content (AvgIpc) is 2.41. The Morgan fingerprint density at radius 1 is 1.25 bits per heavy atom. The molecule has 0 aliphatic heterocycles. The fourth-order valence-electron chi connectivity index (χ4n) is 2.04. The molecule has 4 nitrogen and oxygen atoms in total. The Morgan fingerprint density at radius 2 is 2.00 bits per heavy atom. The van der Waals surface area contributed by atoms with Crippen molar-refractivity contribution < 1.29 is 9.31 Å². The van der Waals surface area contributed by atoms with Crippen molar-refractivity contribution in [2.45, 2.75) is 20.4 Å². The van der Waals surface area contributed by atoms with Crippen LogP contribution in [0.15, 0.2) is 36.4 Å². The van der Waals surface area contributed by atoms with E-state index in [2.05, 4.69) is 5.32 Å². The predicted molar refractivity (Wildman–Crippen MR) is 76.3 cm³/mol. The van der Waals surface area contributed by atoms with Crippen LogP contribution in [-0.2, 0) is 6.54 Å². The molecule has 20 heavy (non-hydrogen) atoms. The molecule has 0 saturated carbocycles. The molecule has 0 aliphatic carbocycles. The van der Waals surface area contributed by atoms with Gasteiger partial charge >= 0.3 is 0 Å². The zero-order valence-corrected chi connectivity index (χ0v) is 11.3. The molecule has 0 saturated heterocycles. The number of nitrogens with one attached hydrogen (secondary N) is 1. The van der Waals surface area contributed by atoms with Gasteiger partial charge in [0, 0.05) is 29.4 Å². The van der Waals surface area contributed by atoms with E-state index in [0.29, 0.717) is 16.8 Å². The summed E-state index contributed by atoms with van der Waals surface area (Å²) in [5, 5.41) is 13.9. The van der Waals surface area contributed by atoms with Gasteiger partial charge in [-0.25, -0.2) is 4.39 Å². The van der Waals surface area contributed by atoms with Gasteiger partial charge in [0.2, 0.25) is 0 Å². The van der Waals surface area contributed by atoms with Gasteiger partial charge in [0.1, 0.15) is 5.82 Å². The summed E-state index contributed by atoms with van der Waals surface area (Å²) < 4.78 is 13.6. The third kappa shape index (κ3) is 2.93. The molecule has 104 valence electrons. The topological polar surface area (TPSA) is 55.2 Å². The number of anilines is 1. The van der Waals surface area contributed by atoms with Crippen molar-refractivity contribution >= 4 is 11.4 Å². The summed E-state index contributed by atoms with van der Waals surface area (Å²) in [7, 11) is 0. The first-order valence-electron chi connectivity index (χ1n) is 6.22. The van der Waals surface area contributed by atoms with Crippen LogP contribution in [0.25, 0.3) is 0 Å². The monoisotopic (exact) mass is 274 g/mol. The second-order valence-electron chi connectivity index (χ2n) is 4.66. The Morgan fingerprint density at radius 3 is 2.70 bits per heavy atom. The van der Waals surface area contributed by atoms with Crippen LogP contribution in [0.5, 0.6) is 0 Å². The van der Waals surface area contributed by atoms with Crippen LogP contribution in [0.1, 0.15) is 16.7 Å². The number of hydrogen-bond donors (Lipinski definition) is 1. The van der Waals surface area contributed by atoms with Gasteiger partial charge in [0.25, 0.3) is 5.69 Å². The summed E-state index contributed by atoms with van der Waals surface area (Å²) in [5.41, 5.74) is 2.75. The van der Waals surface area contributed by atoms with Crippen LogP contribution in [0.3, 0.4) is 0 Å². The highest BCUT2D eigenvalue weighted by molar-refractivity contribution is 5.59. The van der Waals surface area contributed by atoms with Gasteiger partial charge in [-0.1, -0.05) is 23.8 Å². The van der Waals surface area contributed by atoms with Crippen molar-refractivity contribution in [3.63, 3.8) is 0 Å². The Bertz CT molecular complexity index is 656. The van der Waals surface area contributed by atoms with Crippen LogP contribution in [0, 0.1) is 29.8 Å². The van der Waals surface area contributed by atoms with Crippen molar-refractivity contribution in [1.82, 2.24) is 0 Å². The summed E-state index contributed by atoms with van der Waals surface area (Å²) in [6.07, 6.45) is 0. The molecule has 5 heteroatoms. The maximum atomic E-state index is 13.6. The van der Waals surface area contributed by atoms with Crippen molar-refractivity contribution in [2.24, 2.45) is 0 Å². The number of aryl methyl sites for hydroxylation is 1. The summed E-state index contributed by atoms with van der Waals surface area (Å²) in [4.78, 5) is 10.4. The van der Waals surface area contributed by atoms with Crippen molar-refractivity contribution in [3.8, 4) is 0 Å². The molecule has 1 N–H and O–H groups in total. The van der Waals surface area contributed by atoms with Gasteiger partial charge in [0.15, 0.2) is 0 Å². The molecule has 0 atom stereocenters. The lowest BCUT2D eigenvalue weighted by Crippen LogP contribution is -2.04. The van der Waals surface area contributed by atoms with Crippen LogP contribution in [0.4, 0.5) is 15.8 Å². The molecule has 0 aliphatic rings. The largest absolute Gasteiger partial charge is 0.380 e. The van der Waals surface area contributed by atoms with Gasteiger partial charge in [-0.3, -0.25) is 10.1 Å². The van der Waals surface area contributed by atoms with Gasteiger partial charge < -0.3 is 5.32 Å². The highest BCUT2D eigenvalue weighted by Crippen LogP contribution is 2.25. The quantitative estimate of drug-likeness (QED) is 0.678. The van der Waals surface area contributed by atoms with Gasteiger partial charge in [-0.15, -0.1) is 0 Å². The van der Waals surface area contributed by atoms with E-state index in [1.807, 2.05) is 6.92 Å². The number of nitro groups is 1. The van der Waals surface area contributed by atoms with Crippen molar-refractivity contribution in [2.75, 3.05) is 5.32 Å². The second-order valence-corrected chi connectivity index (χ2v) is 4.66. The van der Waals surface area contributed by atoms with E-state index in [-0.39, 0.29) is 18.0 Å². The van der Waals surface area contributed by atoms with E-state index in [1.54, 1.807) is 31.2 Å². The standard InChI is InChI=1S/C15H15FN2O2/c1-10-6-7-13(16)12(8-10)9-17-14-4-3-5-15(11(14)2)18(19)20/h3-8,17H,9H2,1-2H3. The van der Waals surface area contributed by atoms with Crippen LogP contribution < -0.4 is 5.32 Å². The minimum absolute atomic E-state index is 0.0553. The summed E-state index contributed by atoms with van der Waals surface area (Å²) in [6.45, 7) is 3.85. The lowest BCUT2D eigenvalue weighted by molar-refractivity contribution is -0.385. The fourth-order valence-corrected chi connectivity index (χ4v) is 2.04. The summed E-state index contributed by atoms with van der Waals surface area (Å²) >= 11 is 0. The highest BCUT2D eigenvalue weighted by Gasteiger charge is 2.13. The van der Waals surface area contributed by atoms with Crippen molar-refractivity contribution in [3.05, 3.63) is 69.0 Å². The van der Waals surface area contributed by atoms with Crippen LogP contribution in [0.2, 0.25) is 0 Å². The Kier molecular flexibility index (Phi) is 3.98. The van der Waals surface area contributed by atoms with Gasteiger partial charge in [-0.05, 0) is 26.0 Å². The summed E-state index contributed by atoms with van der Waals surface area (Å²) in [5.74, 6) is -0.286. The number of halogens is 1. The molecule has 0 unspecified atom stereocenters. The number of benzene rings is 2. The highest BCUT2D eigenvalue weighted by atomic mass is 19.1. The van der Waals surface area contributed by atoms with E-state index in [4.69, 9.17) is 0 Å². The molecule has 0 amide bonds. The van der Waals surface area contributed by atoms with E-state index in [0.717, 1.165) is 5.56 Å². The van der Waals surface area contributed by atoms with E-state index in [1.165, 1.54) is 12.1 Å². The molecular formula is C15H15FN2O2. The molecule has 2 rings (SSSR count). The number of nitrogens with zero attached hydrogens (tertiary/aromatic N) is 1. The van der Waals surface area contributed by atoms with Gasteiger partial charge in [0.05, 0.1) is 4.92 Å². The van der Waals surface area contributed by atoms with Gasteiger partial charge in [-0.2, -0.15) is 0 Å². The van der Waals surface area contributed by atoms with Crippen molar-refractivity contribution in [1.29, 1.82) is 0 Å². The molecule has 0 heterocycles. The minimum Gasteiger partial charge on any atom is -0.380 e. The number of hydrogen-bond acceptors (Lipinski definition) is 3. The predicted octanol–water partition coefficient (Wildman–Crippen LogP) is 3.96.